The molecule has 2 aromatic heterocycles. The summed E-state index contributed by atoms with van der Waals surface area (Å²) >= 11 is 0. The lowest BCUT2D eigenvalue weighted by atomic mass is 10.0. The van der Waals surface area contributed by atoms with Crippen LogP contribution in [0.15, 0.2) is 11.0 Å². The molecule has 13 heteroatoms. The molecule has 0 aromatic carbocycles. The first kappa shape index (κ1) is 22.2. The standard InChI is InChI=1S/C18H23N5O8/c1-5-18(12(29-9(2)24)6-14(31-18)30-10(3)25)23-15-11(7-20-16(19)21-15)22(17(23)27)8-13(26)28-4/h7,12,14H,5-6,8H2,1-4H3,(H2,19,20,21)/t12-,14-,18-/m1/s1. The number of hydrogen-bond donors (Lipinski definition) is 1. The van der Waals surface area contributed by atoms with Crippen LogP contribution >= 0.6 is 0 Å². The SMILES string of the molecule is CC[C@@]1(n2c(=O)n(CC(=O)OC)c3cnc(N)nc32)O[C@@H](OC(C)=O)C[C@H]1OC(C)=O. The van der Waals surface area contributed by atoms with Crippen LogP contribution in [0.25, 0.3) is 11.2 Å². The van der Waals surface area contributed by atoms with E-state index in [-0.39, 0.29) is 30.0 Å². The van der Waals surface area contributed by atoms with Gasteiger partial charge in [0.1, 0.15) is 12.1 Å². The molecule has 0 unspecified atom stereocenters. The van der Waals surface area contributed by atoms with Crippen molar-refractivity contribution in [2.24, 2.45) is 0 Å². The van der Waals surface area contributed by atoms with E-state index in [1.807, 2.05) is 0 Å². The molecule has 3 atom stereocenters. The van der Waals surface area contributed by atoms with Gasteiger partial charge in [-0.2, -0.15) is 4.98 Å². The molecule has 2 N–H and O–H groups in total. The van der Waals surface area contributed by atoms with Crippen LogP contribution in [-0.4, -0.2) is 56.5 Å². The van der Waals surface area contributed by atoms with Gasteiger partial charge >= 0.3 is 23.6 Å². The molecule has 3 heterocycles. The normalized spacial score (nSPS) is 23.0. The number of hydrogen-bond acceptors (Lipinski definition) is 11. The summed E-state index contributed by atoms with van der Waals surface area (Å²) in [5.41, 5.74) is 3.72. The Labute approximate surface area is 176 Å². The largest absolute Gasteiger partial charge is 0.468 e. The van der Waals surface area contributed by atoms with Gasteiger partial charge in [0.15, 0.2) is 17.5 Å². The zero-order valence-electron chi connectivity index (χ0n) is 17.5. The molecule has 0 bridgehead atoms. The second-order valence-corrected chi connectivity index (χ2v) is 6.91. The van der Waals surface area contributed by atoms with E-state index in [0.29, 0.717) is 0 Å². The zero-order valence-corrected chi connectivity index (χ0v) is 17.5. The molecule has 3 rings (SSSR count). The number of methoxy groups -OCH3 is 1. The van der Waals surface area contributed by atoms with Crippen LogP contribution in [0.3, 0.4) is 0 Å². The third-order valence-electron chi connectivity index (χ3n) is 4.94. The number of carbonyl (C=O) groups is 3. The summed E-state index contributed by atoms with van der Waals surface area (Å²) in [4.78, 5) is 56.6. The van der Waals surface area contributed by atoms with E-state index >= 15 is 0 Å². The smallest absolute Gasteiger partial charge is 0.333 e. The summed E-state index contributed by atoms with van der Waals surface area (Å²) in [5, 5.41) is 0. The van der Waals surface area contributed by atoms with Crippen molar-refractivity contribution in [3.05, 3.63) is 16.7 Å². The van der Waals surface area contributed by atoms with Crippen molar-refractivity contribution in [1.82, 2.24) is 19.1 Å². The van der Waals surface area contributed by atoms with E-state index in [2.05, 4.69) is 14.7 Å². The van der Waals surface area contributed by atoms with Gasteiger partial charge in [-0.1, -0.05) is 6.92 Å². The number of esters is 3. The maximum Gasteiger partial charge on any atom is 0.333 e. The van der Waals surface area contributed by atoms with Crippen LogP contribution in [0, 0.1) is 0 Å². The highest BCUT2D eigenvalue weighted by Crippen LogP contribution is 2.41. The second kappa shape index (κ2) is 8.34. The molecule has 31 heavy (non-hydrogen) atoms. The van der Waals surface area contributed by atoms with Gasteiger partial charge < -0.3 is 24.7 Å². The van der Waals surface area contributed by atoms with Crippen molar-refractivity contribution < 1.29 is 33.3 Å². The topological polar surface area (TPSA) is 167 Å². The van der Waals surface area contributed by atoms with Gasteiger partial charge in [0.05, 0.1) is 19.7 Å². The van der Waals surface area contributed by atoms with Crippen LogP contribution in [-0.2, 0) is 45.6 Å². The average Bonchev–Trinajstić information content (AvgIpc) is 3.15. The first-order chi connectivity index (χ1) is 14.6. The van der Waals surface area contributed by atoms with E-state index in [0.717, 1.165) is 9.13 Å². The molecule has 13 nitrogen and oxygen atoms in total. The van der Waals surface area contributed by atoms with E-state index in [4.69, 9.17) is 19.9 Å². The molecular formula is C18H23N5O8. The Morgan fingerprint density at radius 3 is 2.55 bits per heavy atom. The maximum atomic E-state index is 13.4. The molecule has 1 fully saturated rings. The highest BCUT2D eigenvalue weighted by Gasteiger charge is 2.54. The van der Waals surface area contributed by atoms with Crippen LogP contribution in [0.2, 0.25) is 0 Å². The third kappa shape index (κ3) is 3.95. The highest BCUT2D eigenvalue weighted by molar-refractivity contribution is 5.76. The summed E-state index contributed by atoms with van der Waals surface area (Å²) in [5.74, 6) is -2.02. The number of nitrogen functional groups attached to an aromatic ring is 1. The first-order valence-electron chi connectivity index (χ1n) is 9.46. The molecule has 168 valence electrons. The molecule has 1 saturated heterocycles. The lowest BCUT2D eigenvalue weighted by Crippen LogP contribution is -2.49. The molecule has 1 aliphatic rings. The van der Waals surface area contributed by atoms with Gasteiger partial charge in [0.25, 0.3) is 0 Å². The minimum atomic E-state index is -1.58. The van der Waals surface area contributed by atoms with E-state index < -0.39 is 48.3 Å². The Bertz CT molecular complexity index is 1090. The van der Waals surface area contributed by atoms with Gasteiger partial charge in [-0.15, -0.1) is 0 Å². The van der Waals surface area contributed by atoms with E-state index in [9.17, 15) is 19.2 Å². The summed E-state index contributed by atoms with van der Waals surface area (Å²) in [7, 11) is 1.19. The molecule has 0 amide bonds. The third-order valence-corrected chi connectivity index (χ3v) is 4.94. The molecule has 0 aliphatic carbocycles. The molecule has 1 aliphatic heterocycles. The first-order valence-corrected chi connectivity index (χ1v) is 9.46. The highest BCUT2D eigenvalue weighted by atomic mass is 16.7. The van der Waals surface area contributed by atoms with E-state index in [1.54, 1.807) is 6.92 Å². The number of aromatic nitrogens is 4. The Morgan fingerprint density at radius 2 is 1.97 bits per heavy atom. The Kier molecular flexibility index (Phi) is 5.97. The number of carbonyl (C=O) groups excluding carboxylic acids is 3. The van der Waals surface area contributed by atoms with Crippen LogP contribution < -0.4 is 11.4 Å². The second-order valence-electron chi connectivity index (χ2n) is 6.91. The van der Waals surface area contributed by atoms with Crippen molar-refractivity contribution in [3.8, 4) is 0 Å². The number of nitrogens with zero attached hydrogens (tertiary/aromatic N) is 4. The number of imidazole rings is 1. The molecule has 0 spiro atoms. The monoisotopic (exact) mass is 437 g/mol. The summed E-state index contributed by atoms with van der Waals surface area (Å²) in [6, 6.07) is 0. The Balaban J connectivity index is 2.26. The summed E-state index contributed by atoms with van der Waals surface area (Å²) < 4.78 is 23.5. The summed E-state index contributed by atoms with van der Waals surface area (Å²) in [6.07, 6.45) is -0.660. The fourth-order valence-corrected chi connectivity index (χ4v) is 3.71. The van der Waals surface area contributed by atoms with Crippen LogP contribution in [0.5, 0.6) is 0 Å². The van der Waals surface area contributed by atoms with Crippen molar-refractivity contribution in [3.63, 3.8) is 0 Å². The quantitative estimate of drug-likeness (QED) is 0.463. The molecule has 0 saturated carbocycles. The number of fused-ring (bicyclic) bond motifs is 1. The molecular weight excluding hydrogens is 414 g/mol. The zero-order chi connectivity index (χ0) is 22.9. The Hall–Kier alpha value is -3.48. The molecule has 0 radical (unpaired) electrons. The minimum absolute atomic E-state index is 0.0102. The van der Waals surface area contributed by atoms with Gasteiger partial charge in [0, 0.05) is 13.8 Å². The molecule has 2 aromatic rings. The van der Waals surface area contributed by atoms with Gasteiger partial charge in [-0.05, 0) is 6.42 Å². The minimum Gasteiger partial charge on any atom is -0.468 e. The van der Waals surface area contributed by atoms with Gasteiger partial charge in [-0.25, -0.2) is 14.3 Å². The average molecular weight is 437 g/mol. The Morgan fingerprint density at radius 1 is 1.29 bits per heavy atom. The fraction of sp³-hybridized carbons (Fsp3) is 0.556. The maximum absolute atomic E-state index is 13.4. The van der Waals surface area contributed by atoms with Crippen LogP contribution in [0.1, 0.15) is 33.6 Å². The van der Waals surface area contributed by atoms with E-state index in [1.165, 1.54) is 27.2 Å². The van der Waals surface area contributed by atoms with Crippen molar-refractivity contribution >= 4 is 35.0 Å². The van der Waals surface area contributed by atoms with Crippen LogP contribution in [0.4, 0.5) is 5.95 Å². The van der Waals surface area contributed by atoms with Crippen molar-refractivity contribution in [1.29, 1.82) is 0 Å². The number of ether oxygens (including phenoxy) is 4. The summed E-state index contributed by atoms with van der Waals surface area (Å²) in [6.45, 7) is 3.70. The fourth-order valence-electron chi connectivity index (χ4n) is 3.71. The van der Waals surface area contributed by atoms with Gasteiger partial charge in [-0.3, -0.25) is 19.0 Å². The lowest BCUT2D eigenvalue weighted by molar-refractivity contribution is -0.216. The predicted octanol–water partition coefficient (Wildman–Crippen LogP) is -0.348. The number of rotatable bonds is 6. The van der Waals surface area contributed by atoms with Gasteiger partial charge in [0.2, 0.25) is 12.2 Å². The number of anilines is 1. The lowest BCUT2D eigenvalue weighted by Gasteiger charge is -2.33. The predicted molar refractivity (Wildman–Crippen MR) is 103 cm³/mol. The van der Waals surface area contributed by atoms with Crippen molar-refractivity contribution in [2.75, 3.05) is 12.8 Å². The number of nitrogens with two attached hydrogens (primary N) is 1. The van der Waals surface area contributed by atoms with Crippen molar-refractivity contribution in [2.45, 2.75) is 58.3 Å².